The van der Waals surface area contributed by atoms with E-state index < -0.39 is 43.6 Å². The van der Waals surface area contributed by atoms with E-state index in [0.717, 1.165) is 31.6 Å². The van der Waals surface area contributed by atoms with Gasteiger partial charge in [-0.05, 0) is 83.9 Å². The molecular formula is C48H42N12O10S4. The first kappa shape index (κ1) is 49.2. The molecular weight excluding hydrogens is 1030 g/mol. The maximum Gasteiger partial charge on any atom is 0.266 e. The number of rotatable bonds is 17. The van der Waals surface area contributed by atoms with Crippen molar-refractivity contribution in [2.75, 3.05) is 59.3 Å². The van der Waals surface area contributed by atoms with Crippen LogP contribution in [0, 0.1) is 0 Å². The van der Waals surface area contributed by atoms with Gasteiger partial charge in [0.25, 0.3) is 32.1 Å². The molecule has 8 aromatic rings. The minimum Gasteiger partial charge on any atom is -0.494 e. The predicted molar refractivity (Wildman–Crippen MR) is 284 cm³/mol. The number of aromatic nitrogens is 2. The van der Waals surface area contributed by atoms with E-state index in [1.165, 1.54) is 22.7 Å². The summed E-state index contributed by atoms with van der Waals surface area (Å²) in [5.74, 6) is -0.478. The Morgan fingerprint density at radius 3 is 1.30 bits per heavy atom. The van der Waals surface area contributed by atoms with Gasteiger partial charge in [0.15, 0.2) is 11.7 Å². The second-order valence-corrected chi connectivity index (χ2v) is 21.4. The number of hydrazine groups is 4. The largest absolute Gasteiger partial charge is 0.494 e. The molecule has 2 aliphatic rings. The molecule has 0 spiro atoms. The number of amidine groups is 2. The Kier molecular flexibility index (Phi) is 13.5. The van der Waals surface area contributed by atoms with E-state index in [1.54, 1.807) is 83.2 Å². The smallest absolute Gasteiger partial charge is 0.266 e. The summed E-state index contributed by atoms with van der Waals surface area (Å²) in [6.07, 6.45) is 0. The number of hydrogen-bond donors (Lipinski definition) is 6. The number of nitrogens with one attached hydrogen (secondary N) is 4. The number of carbonyl (C=O) groups is 2. The summed E-state index contributed by atoms with van der Waals surface area (Å²) in [5, 5.41) is 22.7. The monoisotopic (exact) mass is 1070 g/mol. The molecule has 6 aromatic carbocycles. The highest BCUT2D eigenvalue weighted by atomic mass is 32.2. The van der Waals surface area contributed by atoms with Crippen LogP contribution in [0.4, 0.5) is 21.6 Å². The van der Waals surface area contributed by atoms with E-state index in [2.05, 4.69) is 21.5 Å². The Morgan fingerprint density at radius 2 is 0.932 bits per heavy atom. The molecule has 0 aliphatic carbocycles. The van der Waals surface area contributed by atoms with Crippen molar-refractivity contribution in [2.24, 2.45) is 10.2 Å². The number of amides is 2. The van der Waals surface area contributed by atoms with E-state index in [1.807, 2.05) is 84.9 Å². The molecule has 0 unspecified atom stereocenters. The Labute approximate surface area is 430 Å². The molecule has 74 heavy (non-hydrogen) atoms. The number of para-hydroxylation sites is 2. The van der Waals surface area contributed by atoms with Gasteiger partial charge in [0.2, 0.25) is 10.3 Å². The highest BCUT2D eigenvalue weighted by Crippen LogP contribution is 2.42. The van der Waals surface area contributed by atoms with E-state index in [-0.39, 0.29) is 24.2 Å². The Hall–Kier alpha value is -8.40. The second kappa shape index (κ2) is 20.2. The minimum absolute atomic E-state index is 0.255. The number of nitrogens with zero attached hydrogens (tertiary/aromatic N) is 8. The predicted octanol–water partition coefficient (Wildman–Crippen LogP) is 6.04. The molecule has 22 nitrogen and oxygen atoms in total. The lowest BCUT2D eigenvalue weighted by Gasteiger charge is -2.27. The highest BCUT2D eigenvalue weighted by Gasteiger charge is 2.33. The van der Waals surface area contributed by atoms with E-state index in [0.29, 0.717) is 55.9 Å². The third-order valence-corrected chi connectivity index (χ3v) is 14.8. The van der Waals surface area contributed by atoms with Gasteiger partial charge >= 0.3 is 0 Å². The molecule has 6 N–H and O–H groups in total. The van der Waals surface area contributed by atoms with Crippen LogP contribution in [0.1, 0.15) is 31.8 Å². The molecule has 2 aliphatic heterocycles. The summed E-state index contributed by atoms with van der Waals surface area (Å²) in [7, 11) is -5.36. The number of anilines is 4. The lowest BCUT2D eigenvalue weighted by Crippen LogP contribution is -2.44. The zero-order valence-corrected chi connectivity index (χ0v) is 42.2. The summed E-state index contributed by atoms with van der Waals surface area (Å²) in [6.45, 7) is -0.510. The van der Waals surface area contributed by atoms with Gasteiger partial charge in [0.1, 0.15) is 22.9 Å². The van der Waals surface area contributed by atoms with Gasteiger partial charge in [0.05, 0.1) is 46.2 Å². The number of carbonyl (C=O) groups excluding carboxylic acids is 2. The average Bonchev–Trinajstić information content (AvgIpc) is 4.23. The first-order chi connectivity index (χ1) is 35.6. The van der Waals surface area contributed by atoms with Crippen molar-refractivity contribution < 1.29 is 45.0 Å². The Balaban J connectivity index is 0.951. The van der Waals surface area contributed by atoms with Crippen LogP contribution in [0.3, 0.4) is 0 Å². The van der Waals surface area contributed by atoms with Gasteiger partial charge in [-0.2, -0.15) is 16.8 Å². The Bertz CT molecular complexity index is 3450. The van der Waals surface area contributed by atoms with Crippen molar-refractivity contribution in [1.82, 2.24) is 31.5 Å². The zero-order chi connectivity index (χ0) is 51.7. The molecule has 10 rings (SSSR count). The number of ether oxygens (including phenoxy) is 2. The summed E-state index contributed by atoms with van der Waals surface area (Å²) in [4.78, 5) is 35.2. The van der Waals surface area contributed by atoms with Crippen molar-refractivity contribution in [1.29, 1.82) is 0 Å². The fourth-order valence-corrected chi connectivity index (χ4v) is 10.3. The lowest BCUT2D eigenvalue weighted by atomic mass is 10.0. The third kappa shape index (κ3) is 10.6. The maximum atomic E-state index is 12.7. The van der Waals surface area contributed by atoms with Crippen LogP contribution in [0.15, 0.2) is 144 Å². The maximum absolute atomic E-state index is 12.7. The van der Waals surface area contributed by atoms with E-state index in [9.17, 15) is 26.4 Å². The molecule has 0 fully saturated rings. The lowest BCUT2D eigenvalue weighted by molar-refractivity contribution is 0.0947. The van der Waals surface area contributed by atoms with Gasteiger partial charge < -0.3 is 20.1 Å². The van der Waals surface area contributed by atoms with Crippen LogP contribution in [-0.4, -0.2) is 98.2 Å². The van der Waals surface area contributed by atoms with Crippen LogP contribution in [0.2, 0.25) is 0 Å². The quantitative estimate of drug-likeness (QED) is 0.0567. The van der Waals surface area contributed by atoms with Crippen molar-refractivity contribution in [3.8, 4) is 22.6 Å². The van der Waals surface area contributed by atoms with Crippen LogP contribution in [-0.2, 0) is 20.2 Å². The van der Waals surface area contributed by atoms with Crippen LogP contribution in [0.25, 0.3) is 31.6 Å². The van der Waals surface area contributed by atoms with Crippen molar-refractivity contribution in [3.05, 3.63) is 156 Å². The fraction of sp³-hybridized carbons (Fsp3) is 0.125. The first-order valence-corrected chi connectivity index (χ1v) is 27.1. The molecule has 378 valence electrons. The number of methoxy groups -OCH3 is 2. The van der Waals surface area contributed by atoms with Gasteiger partial charge in [-0.3, -0.25) is 29.5 Å². The van der Waals surface area contributed by atoms with Crippen LogP contribution >= 0.6 is 22.7 Å². The van der Waals surface area contributed by atoms with E-state index in [4.69, 9.17) is 38.7 Å². The standard InChI is InChI=1S/C48H42N12O10S4/c1-69-39-27-33(19-21-37(39)57-53-43(55-59(57)47-51-35-7-3-5-9-41(35)71-47)29-11-15-31(16-12-29)45(61)49-23-25-73(63,64)65)34-20-22-38(40(28-34)70-2)58-54-44(56-60(58)48-52-36-8-4-6-10-42(36)72-48)30-13-17-32(18-14-30)46(62)50-24-26-74(66,67)68/h3-22,27-28H,23-26H2,1-2H3,(H,49,61)(H,50,62)(H,53,55)(H,54,56)(H,63,64,65)(H,66,67,68). The number of benzene rings is 6. The third-order valence-electron chi connectivity index (χ3n) is 11.4. The summed E-state index contributed by atoms with van der Waals surface area (Å²) in [5.41, 5.74) is 12.7. The zero-order valence-electron chi connectivity index (χ0n) is 38.9. The molecule has 0 radical (unpaired) electrons. The molecule has 26 heteroatoms. The van der Waals surface area contributed by atoms with Gasteiger partial charge in [0, 0.05) is 35.3 Å². The normalized spacial score (nSPS) is 13.7. The van der Waals surface area contributed by atoms with Gasteiger partial charge in [-0.25, -0.2) is 9.97 Å². The summed E-state index contributed by atoms with van der Waals surface area (Å²) in [6, 6.07) is 39.9. The number of fused-ring (bicyclic) bond motifs is 2. The van der Waals surface area contributed by atoms with E-state index >= 15 is 0 Å². The van der Waals surface area contributed by atoms with Crippen LogP contribution < -0.4 is 51.4 Å². The molecule has 0 atom stereocenters. The topological polar surface area (TPSA) is 273 Å². The molecule has 0 saturated heterocycles. The van der Waals surface area contributed by atoms with Gasteiger partial charge in [-0.15, -0.1) is 30.7 Å². The Morgan fingerprint density at radius 1 is 0.554 bits per heavy atom. The van der Waals surface area contributed by atoms with Crippen molar-refractivity contribution >= 4 is 108 Å². The number of thiazole rings is 2. The molecule has 2 amide bonds. The molecule has 4 heterocycles. The summed E-state index contributed by atoms with van der Waals surface area (Å²) >= 11 is 2.89. The number of hydrogen-bond acceptors (Lipinski definition) is 20. The van der Waals surface area contributed by atoms with Crippen molar-refractivity contribution in [2.45, 2.75) is 0 Å². The average molecular weight is 1080 g/mol. The van der Waals surface area contributed by atoms with Crippen LogP contribution in [0.5, 0.6) is 11.5 Å². The second-order valence-electron chi connectivity index (χ2n) is 16.3. The highest BCUT2D eigenvalue weighted by molar-refractivity contribution is 7.86. The molecule has 2 aromatic heterocycles. The van der Waals surface area contributed by atoms with Gasteiger partial charge in [-0.1, -0.05) is 83.3 Å². The van der Waals surface area contributed by atoms with Crippen molar-refractivity contribution in [3.63, 3.8) is 0 Å². The minimum atomic E-state index is -4.24. The molecule has 0 bridgehead atoms. The number of hydrazone groups is 2. The first-order valence-electron chi connectivity index (χ1n) is 22.3. The SMILES string of the molecule is COc1cc(-c2ccc(N3N=C(c4ccc(C(=O)NCCS(=O)(=O)O)cc4)NN3c3nc4ccccc4s3)c(OC)c2)ccc1N1N=C(c2ccc(C(=O)NCCS(=O)(=O)O)cc2)NN1c1nc2ccccc2s1. The summed E-state index contributed by atoms with van der Waals surface area (Å²) < 4.78 is 76.6. The molecule has 0 saturated carbocycles. The fourth-order valence-electron chi connectivity index (χ4n) is 7.74.